The van der Waals surface area contributed by atoms with E-state index in [0.29, 0.717) is 12.1 Å². The molecule has 0 bridgehead atoms. The van der Waals surface area contributed by atoms with Gasteiger partial charge in [-0.1, -0.05) is 6.92 Å². The van der Waals surface area contributed by atoms with Gasteiger partial charge in [-0.25, -0.2) is 0 Å². The topological polar surface area (TPSA) is 44.5 Å². The van der Waals surface area contributed by atoms with Crippen molar-refractivity contribution in [2.45, 2.75) is 51.7 Å². The number of nitrogens with zero attached hydrogens (tertiary/aromatic N) is 3. The van der Waals surface area contributed by atoms with E-state index in [0.717, 1.165) is 44.4 Å². The molecule has 1 atom stereocenters. The fourth-order valence-corrected chi connectivity index (χ4v) is 2.67. The van der Waals surface area contributed by atoms with E-state index in [4.69, 9.17) is 4.42 Å². The van der Waals surface area contributed by atoms with Gasteiger partial charge in [-0.05, 0) is 26.2 Å². The third-order valence-electron chi connectivity index (χ3n) is 4.49. The minimum atomic E-state index is 0.681. The summed E-state index contributed by atoms with van der Waals surface area (Å²) in [4.78, 5) is 9.42. The molecule has 2 heterocycles. The molecule has 0 spiro atoms. The van der Waals surface area contributed by atoms with E-state index < -0.39 is 0 Å². The minimum Gasteiger partial charge on any atom is -0.432 e. The Morgan fingerprint density at radius 3 is 2.75 bits per heavy atom. The van der Waals surface area contributed by atoms with Gasteiger partial charge < -0.3 is 14.6 Å². The highest BCUT2D eigenvalue weighted by Crippen LogP contribution is 2.21. The molecule has 20 heavy (non-hydrogen) atoms. The van der Waals surface area contributed by atoms with Crippen LogP contribution in [0.5, 0.6) is 0 Å². The molecule has 1 aromatic rings. The van der Waals surface area contributed by atoms with Crippen LogP contribution >= 0.6 is 0 Å². The van der Waals surface area contributed by atoms with Gasteiger partial charge >= 0.3 is 0 Å². The van der Waals surface area contributed by atoms with Crippen LogP contribution in [0.4, 0.5) is 6.01 Å². The van der Waals surface area contributed by atoms with Gasteiger partial charge in [0.2, 0.25) is 0 Å². The number of nitrogens with one attached hydrogen (secondary N) is 1. The first-order valence-corrected chi connectivity index (χ1v) is 7.93. The lowest BCUT2D eigenvalue weighted by Crippen LogP contribution is -2.49. The highest BCUT2D eigenvalue weighted by atomic mass is 16.4. The van der Waals surface area contributed by atoms with Crippen molar-refractivity contribution in [1.29, 1.82) is 0 Å². The second-order valence-corrected chi connectivity index (χ2v) is 6.06. The van der Waals surface area contributed by atoms with Crippen LogP contribution in [0, 0.1) is 0 Å². The average molecular weight is 278 g/mol. The quantitative estimate of drug-likeness (QED) is 0.860. The Bertz CT molecular complexity index is 421. The molecule has 2 aliphatic rings. The van der Waals surface area contributed by atoms with Gasteiger partial charge in [-0.2, -0.15) is 4.98 Å². The van der Waals surface area contributed by atoms with Crippen molar-refractivity contribution in [2.75, 3.05) is 31.1 Å². The second-order valence-electron chi connectivity index (χ2n) is 6.06. The minimum absolute atomic E-state index is 0.681. The van der Waals surface area contributed by atoms with Crippen LogP contribution in [0.25, 0.3) is 0 Å². The van der Waals surface area contributed by atoms with E-state index in [-0.39, 0.29) is 0 Å². The number of piperazine rings is 1. The lowest BCUT2D eigenvalue weighted by molar-refractivity contribution is 0.190. The molecule has 0 radical (unpaired) electrons. The van der Waals surface area contributed by atoms with E-state index in [9.17, 15) is 0 Å². The molecular weight excluding hydrogens is 252 g/mol. The Hall–Kier alpha value is -1.07. The van der Waals surface area contributed by atoms with Crippen molar-refractivity contribution < 1.29 is 4.42 Å². The van der Waals surface area contributed by atoms with Crippen LogP contribution in [0.1, 0.15) is 38.8 Å². The summed E-state index contributed by atoms with van der Waals surface area (Å²) in [5.41, 5.74) is 1.02. The highest BCUT2D eigenvalue weighted by molar-refractivity contribution is 5.28. The molecule has 0 aromatic carbocycles. The zero-order chi connectivity index (χ0) is 13.9. The first kappa shape index (κ1) is 13.9. The van der Waals surface area contributed by atoms with E-state index in [1.807, 2.05) is 0 Å². The first-order valence-electron chi connectivity index (χ1n) is 7.93. The Labute approximate surface area is 121 Å². The lowest BCUT2D eigenvalue weighted by Gasteiger charge is -2.37. The molecule has 1 aliphatic heterocycles. The van der Waals surface area contributed by atoms with Gasteiger partial charge in [0.05, 0.1) is 5.69 Å². The zero-order valence-electron chi connectivity index (χ0n) is 12.6. The van der Waals surface area contributed by atoms with Crippen molar-refractivity contribution in [2.24, 2.45) is 0 Å². The number of hydrogen-bond acceptors (Lipinski definition) is 5. The zero-order valence-corrected chi connectivity index (χ0v) is 12.6. The van der Waals surface area contributed by atoms with Crippen molar-refractivity contribution >= 4 is 6.01 Å². The molecule has 0 amide bonds. The lowest BCUT2D eigenvalue weighted by atomic mass is 10.2. The predicted octanol–water partition coefficient (Wildman–Crippen LogP) is 1.85. The highest BCUT2D eigenvalue weighted by Gasteiger charge is 2.24. The maximum Gasteiger partial charge on any atom is 0.297 e. The summed E-state index contributed by atoms with van der Waals surface area (Å²) in [6.45, 7) is 9.63. The summed E-state index contributed by atoms with van der Waals surface area (Å²) in [5, 5.41) is 3.47. The van der Waals surface area contributed by atoms with Crippen LogP contribution in [-0.4, -0.2) is 48.1 Å². The molecule has 3 rings (SSSR count). The Morgan fingerprint density at radius 2 is 2.10 bits per heavy atom. The molecule has 2 fully saturated rings. The maximum atomic E-state index is 5.64. The van der Waals surface area contributed by atoms with Gasteiger partial charge in [-0.15, -0.1) is 0 Å². The molecule has 1 unspecified atom stereocenters. The number of oxazole rings is 1. The molecule has 5 heteroatoms. The maximum absolute atomic E-state index is 5.64. The summed E-state index contributed by atoms with van der Waals surface area (Å²) < 4.78 is 5.64. The Kier molecular flexibility index (Phi) is 4.27. The summed E-state index contributed by atoms with van der Waals surface area (Å²) in [6, 6.07) is 2.19. The Balaban J connectivity index is 1.49. The molecular formula is C15H26N4O. The summed E-state index contributed by atoms with van der Waals surface area (Å²) in [6.07, 6.45) is 5.63. The van der Waals surface area contributed by atoms with Crippen molar-refractivity contribution in [1.82, 2.24) is 15.2 Å². The molecule has 112 valence electrons. The number of anilines is 1. The van der Waals surface area contributed by atoms with Crippen LogP contribution in [0.15, 0.2) is 10.7 Å². The van der Waals surface area contributed by atoms with Crippen LogP contribution < -0.4 is 10.2 Å². The average Bonchev–Trinajstić information content (AvgIpc) is 3.21. The third kappa shape index (κ3) is 3.33. The van der Waals surface area contributed by atoms with E-state index >= 15 is 0 Å². The molecule has 1 aliphatic carbocycles. The second kappa shape index (κ2) is 6.14. The SMILES string of the molecule is CCC(C)N1CCN(c2nc(CNC3CC3)co2)CC1. The summed E-state index contributed by atoms with van der Waals surface area (Å²) in [7, 11) is 0. The summed E-state index contributed by atoms with van der Waals surface area (Å²) in [5.74, 6) is 0. The molecule has 1 saturated carbocycles. The first-order chi connectivity index (χ1) is 9.76. The Morgan fingerprint density at radius 1 is 1.35 bits per heavy atom. The number of hydrogen-bond donors (Lipinski definition) is 1. The van der Waals surface area contributed by atoms with Crippen molar-refractivity contribution in [3.05, 3.63) is 12.0 Å². The summed E-state index contributed by atoms with van der Waals surface area (Å²) >= 11 is 0. The van der Waals surface area contributed by atoms with Crippen molar-refractivity contribution in [3.8, 4) is 0 Å². The van der Waals surface area contributed by atoms with Gasteiger partial charge in [0.15, 0.2) is 0 Å². The fraction of sp³-hybridized carbons (Fsp3) is 0.800. The predicted molar refractivity (Wildman–Crippen MR) is 79.9 cm³/mol. The van der Waals surface area contributed by atoms with E-state index in [1.165, 1.54) is 19.3 Å². The van der Waals surface area contributed by atoms with Crippen LogP contribution in [-0.2, 0) is 6.54 Å². The standard InChI is InChI=1S/C15H26N4O/c1-3-12(2)18-6-8-19(9-7-18)15-17-14(11-20-15)10-16-13-4-5-13/h11-13,16H,3-10H2,1-2H3. The smallest absolute Gasteiger partial charge is 0.297 e. The molecule has 5 nitrogen and oxygen atoms in total. The number of rotatable bonds is 6. The largest absolute Gasteiger partial charge is 0.432 e. The third-order valence-corrected chi connectivity index (χ3v) is 4.49. The van der Waals surface area contributed by atoms with Gasteiger partial charge in [-0.3, -0.25) is 4.90 Å². The normalized spacial score (nSPS) is 22.2. The molecule has 1 aromatic heterocycles. The van der Waals surface area contributed by atoms with Crippen LogP contribution in [0.3, 0.4) is 0 Å². The van der Waals surface area contributed by atoms with Gasteiger partial charge in [0.25, 0.3) is 6.01 Å². The van der Waals surface area contributed by atoms with E-state index in [1.54, 1.807) is 6.26 Å². The molecule has 1 saturated heterocycles. The van der Waals surface area contributed by atoms with Gasteiger partial charge in [0.1, 0.15) is 6.26 Å². The van der Waals surface area contributed by atoms with E-state index in [2.05, 4.69) is 33.9 Å². The van der Waals surface area contributed by atoms with Crippen molar-refractivity contribution in [3.63, 3.8) is 0 Å². The number of aromatic nitrogens is 1. The molecule has 1 N–H and O–H groups in total. The fourth-order valence-electron chi connectivity index (χ4n) is 2.67. The van der Waals surface area contributed by atoms with Crippen LogP contribution in [0.2, 0.25) is 0 Å². The monoisotopic (exact) mass is 278 g/mol. The van der Waals surface area contributed by atoms with Gasteiger partial charge in [0, 0.05) is 44.8 Å².